The monoisotopic (exact) mass is 138 g/mol. The average Bonchev–Trinajstić information content (AvgIpc) is 1.77. The molecule has 0 aromatic heterocycles. The standard InChI is InChI=1S/C8H10O2/c1-6-4-7(5-6)2-3-8(9)10/h2-3,7H,1,4-5H2,(H,9,10). The van der Waals surface area contributed by atoms with Crippen molar-refractivity contribution in [2.24, 2.45) is 5.92 Å². The first-order valence-electron chi connectivity index (χ1n) is 3.26. The average molecular weight is 138 g/mol. The van der Waals surface area contributed by atoms with Gasteiger partial charge in [-0.05, 0) is 18.8 Å². The predicted octanol–water partition coefficient (Wildman–Crippen LogP) is 1.59. The van der Waals surface area contributed by atoms with Crippen LogP contribution < -0.4 is 0 Å². The molecule has 1 saturated carbocycles. The van der Waals surface area contributed by atoms with Crippen molar-refractivity contribution in [3.63, 3.8) is 0 Å². The number of rotatable bonds is 2. The summed E-state index contributed by atoms with van der Waals surface area (Å²) < 4.78 is 0. The van der Waals surface area contributed by atoms with E-state index >= 15 is 0 Å². The minimum absolute atomic E-state index is 0.434. The van der Waals surface area contributed by atoms with Gasteiger partial charge in [0.15, 0.2) is 0 Å². The van der Waals surface area contributed by atoms with Crippen molar-refractivity contribution in [3.05, 3.63) is 24.3 Å². The van der Waals surface area contributed by atoms with Gasteiger partial charge in [-0.3, -0.25) is 0 Å². The van der Waals surface area contributed by atoms with Crippen molar-refractivity contribution in [2.45, 2.75) is 12.8 Å². The molecular weight excluding hydrogens is 128 g/mol. The maximum absolute atomic E-state index is 10.0. The van der Waals surface area contributed by atoms with Crippen LogP contribution in [0.5, 0.6) is 0 Å². The summed E-state index contributed by atoms with van der Waals surface area (Å²) >= 11 is 0. The summed E-state index contributed by atoms with van der Waals surface area (Å²) in [6, 6.07) is 0. The Bertz CT molecular complexity index is 183. The minimum Gasteiger partial charge on any atom is -0.478 e. The summed E-state index contributed by atoms with van der Waals surface area (Å²) in [4.78, 5) is 10.0. The van der Waals surface area contributed by atoms with Gasteiger partial charge in [0.1, 0.15) is 0 Å². The highest BCUT2D eigenvalue weighted by molar-refractivity contribution is 5.79. The molecule has 2 nitrogen and oxygen atoms in total. The summed E-state index contributed by atoms with van der Waals surface area (Å²) in [6.45, 7) is 3.76. The fourth-order valence-electron chi connectivity index (χ4n) is 1.04. The van der Waals surface area contributed by atoms with Crippen molar-refractivity contribution in [1.82, 2.24) is 0 Å². The lowest BCUT2D eigenvalue weighted by Crippen LogP contribution is -2.11. The van der Waals surface area contributed by atoms with Crippen molar-refractivity contribution in [1.29, 1.82) is 0 Å². The molecule has 0 aromatic rings. The molecule has 0 radical (unpaired) electrons. The molecule has 0 atom stereocenters. The molecule has 0 unspecified atom stereocenters. The van der Waals surface area contributed by atoms with E-state index < -0.39 is 5.97 Å². The van der Waals surface area contributed by atoms with Crippen LogP contribution in [0.25, 0.3) is 0 Å². The van der Waals surface area contributed by atoms with E-state index in [2.05, 4.69) is 6.58 Å². The van der Waals surface area contributed by atoms with Crippen molar-refractivity contribution in [3.8, 4) is 0 Å². The van der Waals surface area contributed by atoms with Gasteiger partial charge in [0.25, 0.3) is 0 Å². The van der Waals surface area contributed by atoms with Gasteiger partial charge >= 0.3 is 5.97 Å². The molecule has 0 aromatic carbocycles. The topological polar surface area (TPSA) is 37.3 Å². The Morgan fingerprint density at radius 3 is 2.70 bits per heavy atom. The van der Waals surface area contributed by atoms with Crippen molar-refractivity contribution < 1.29 is 9.90 Å². The van der Waals surface area contributed by atoms with Gasteiger partial charge in [-0.25, -0.2) is 4.79 Å². The largest absolute Gasteiger partial charge is 0.478 e. The van der Waals surface area contributed by atoms with Crippen molar-refractivity contribution in [2.75, 3.05) is 0 Å². The van der Waals surface area contributed by atoms with E-state index in [1.807, 2.05) is 0 Å². The third kappa shape index (κ3) is 1.72. The molecule has 0 saturated heterocycles. The van der Waals surface area contributed by atoms with Gasteiger partial charge < -0.3 is 5.11 Å². The van der Waals surface area contributed by atoms with Crippen LogP contribution in [0.15, 0.2) is 24.3 Å². The summed E-state index contributed by atoms with van der Waals surface area (Å²) in [5.74, 6) is -0.430. The van der Waals surface area contributed by atoms with Crippen LogP contribution in [0.2, 0.25) is 0 Å². The molecular formula is C8H10O2. The smallest absolute Gasteiger partial charge is 0.327 e. The number of carboxylic acid groups (broad SMARTS) is 1. The molecule has 1 fully saturated rings. The van der Waals surface area contributed by atoms with Gasteiger partial charge in [0, 0.05) is 6.08 Å². The molecule has 0 aliphatic heterocycles. The highest BCUT2D eigenvalue weighted by Gasteiger charge is 2.17. The van der Waals surface area contributed by atoms with Crippen LogP contribution in [0, 0.1) is 5.92 Å². The maximum atomic E-state index is 10.0. The minimum atomic E-state index is -0.863. The predicted molar refractivity (Wildman–Crippen MR) is 38.6 cm³/mol. The SMILES string of the molecule is C=C1CC(C=CC(=O)O)C1. The number of aliphatic carboxylic acids is 1. The van der Waals surface area contributed by atoms with E-state index in [0.717, 1.165) is 12.8 Å². The quantitative estimate of drug-likeness (QED) is 0.464. The Labute approximate surface area is 59.9 Å². The Morgan fingerprint density at radius 1 is 1.70 bits per heavy atom. The Morgan fingerprint density at radius 2 is 2.30 bits per heavy atom. The van der Waals surface area contributed by atoms with E-state index in [0.29, 0.717) is 5.92 Å². The first-order valence-corrected chi connectivity index (χ1v) is 3.26. The number of carboxylic acids is 1. The fourth-order valence-corrected chi connectivity index (χ4v) is 1.04. The molecule has 1 N–H and O–H groups in total. The van der Waals surface area contributed by atoms with Gasteiger partial charge in [-0.15, -0.1) is 0 Å². The van der Waals surface area contributed by atoms with Crippen LogP contribution in [-0.2, 0) is 4.79 Å². The Balaban J connectivity index is 2.27. The van der Waals surface area contributed by atoms with Gasteiger partial charge in [0.2, 0.25) is 0 Å². The number of hydrogen-bond donors (Lipinski definition) is 1. The molecule has 1 rings (SSSR count). The van der Waals surface area contributed by atoms with E-state index in [1.54, 1.807) is 6.08 Å². The Kier molecular flexibility index (Phi) is 1.90. The van der Waals surface area contributed by atoms with Crippen LogP contribution in [-0.4, -0.2) is 11.1 Å². The van der Waals surface area contributed by atoms with Crippen LogP contribution >= 0.6 is 0 Å². The molecule has 10 heavy (non-hydrogen) atoms. The van der Waals surface area contributed by atoms with E-state index in [9.17, 15) is 4.79 Å². The van der Waals surface area contributed by atoms with E-state index in [-0.39, 0.29) is 0 Å². The molecule has 0 amide bonds. The zero-order valence-corrected chi connectivity index (χ0v) is 5.71. The molecule has 1 aliphatic carbocycles. The maximum Gasteiger partial charge on any atom is 0.327 e. The molecule has 54 valence electrons. The lowest BCUT2D eigenvalue weighted by molar-refractivity contribution is -0.131. The molecule has 0 bridgehead atoms. The van der Waals surface area contributed by atoms with Crippen LogP contribution in [0.4, 0.5) is 0 Å². The molecule has 1 aliphatic rings. The Hall–Kier alpha value is -1.05. The van der Waals surface area contributed by atoms with Gasteiger partial charge in [-0.1, -0.05) is 18.2 Å². The molecule has 0 heterocycles. The summed E-state index contributed by atoms with van der Waals surface area (Å²) in [5.41, 5.74) is 1.22. The fraction of sp³-hybridized carbons (Fsp3) is 0.375. The second-order valence-electron chi connectivity index (χ2n) is 2.62. The molecule has 0 spiro atoms. The highest BCUT2D eigenvalue weighted by Crippen LogP contribution is 2.31. The van der Waals surface area contributed by atoms with Gasteiger partial charge in [0.05, 0.1) is 0 Å². The molecule has 2 heteroatoms. The number of allylic oxidation sites excluding steroid dienone is 2. The first-order chi connectivity index (χ1) is 4.68. The second-order valence-corrected chi connectivity index (χ2v) is 2.62. The van der Waals surface area contributed by atoms with Crippen LogP contribution in [0.1, 0.15) is 12.8 Å². The third-order valence-electron chi connectivity index (χ3n) is 1.61. The summed E-state index contributed by atoms with van der Waals surface area (Å²) in [5, 5.41) is 8.24. The van der Waals surface area contributed by atoms with Gasteiger partial charge in [-0.2, -0.15) is 0 Å². The zero-order valence-electron chi connectivity index (χ0n) is 5.71. The second kappa shape index (κ2) is 2.69. The lowest BCUT2D eigenvalue weighted by atomic mass is 9.81. The number of carbonyl (C=O) groups is 1. The highest BCUT2D eigenvalue weighted by atomic mass is 16.4. The normalized spacial score (nSPS) is 19.4. The first kappa shape index (κ1) is 7.06. The van der Waals surface area contributed by atoms with Crippen molar-refractivity contribution >= 4 is 5.97 Å². The third-order valence-corrected chi connectivity index (χ3v) is 1.61. The van der Waals surface area contributed by atoms with E-state index in [4.69, 9.17) is 5.11 Å². The van der Waals surface area contributed by atoms with E-state index in [1.165, 1.54) is 11.6 Å². The number of hydrogen-bond acceptors (Lipinski definition) is 1. The summed E-state index contributed by atoms with van der Waals surface area (Å²) in [7, 11) is 0. The van der Waals surface area contributed by atoms with Crippen LogP contribution in [0.3, 0.4) is 0 Å². The lowest BCUT2D eigenvalue weighted by Gasteiger charge is -2.24. The summed E-state index contributed by atoms with van der Waals surface area (Å²) in [6.07, 6.45) is 4.86. The zero-order chi connectivity index (χ0) is 7.56.